The fourth-order valence-corrected chi connectivity index (χ4v) is 2.95. The van der Waals surface area contributed by atoms with Crippen molar-refractivity contribution in [1.29, 1.82) is 0 Å². The Kier molecular flexibility index (Phi) is 8.35. The van der Waals surface area contributed by atoms with E-state index >= 15 is 0 Å². The van der Waals surface area contributed by atoms with Gasteiger partial charge in [0.05, 0.1) is 38.5 Å². The molecule has 0 spiro atoms. The van der Waals surface area contributed by atoms with Crippen molar-refractivity contribution in [2.24, 2.45) is 0 Å². The van der Waals surface area contributed by atoms with Gasteiger partial charge in [0.15, 0.2) is 16.6 Å². The zero-order valence-electron chi connectivity index (χ0n) is 16.6. The Morgan fingerprint density at radius 1 is 1.07 bits per heavy atom. The number of halogens is 1. The zero-order chi connectivity index (χ0) is 21.4. The first-order valence-electron chi connectivity index (χ1n) is 8.73. The Bertz CT molecular complexity index is 866. The second kappa shape index (κ2) is 10.7. The fraction of sp³-hybridized carbons (Fsp3) is 0.300. The summed E-state index contributed by atoms with van der Waals surface area (Å²) in [5, 5.41) is 6.80. The van der Waals surface area contributed by atoms with Crippen LogP contribution in [-0.4, -0.2) is 39.0 Å². The van der Waals surface area contributed by atoms with Crippen molar-refractivity contribution < 1.29 is 23.7 Å². The molecule has 0 atom stereocenters. The molecule has 2 aromatic carbocycles. The van der Waals surface area contributed by atoms with Gasteiger partial charge in [-0.2, -0.15) is 0 Å². The van der Waals surface area contributed by atoms with Crippen LogP contribution < -0.4 is 24.8 Å². The van der Waals surface area contributed by atoms with E-state index < -0.39 is 5.97 Å². The lowest BCUT2D eigenvalue weighted by Gasteiger charge is -2.15. The molecule has 0 saturated heterocycles. The van der Waals surface area contributed by atoms with E-state index in [2.05, 4.69) is 10.6 Å². The van der Waals surface area contributed by atoms with Gasteiger partial charge in [-0.25, -0.2) is 4.79 Å². The maximum Gasteiger partial charge on any atom is 0.339 e. The predicted octanol–water partition coefficient (Wildman–Crippen LogP) is 4.03. The summed E-state index contributed by atoms with van der Waals surface area (Å²) < 4.78 is 21.0. The summed E-state index contributed by atoms with van der Waals surface area (Å²) in [5.41, 5.74) is 1.76. The number of hydrogen-bond donors (Lipinski definition) is 2. The van der Waals surface area contributed by atoms with E-state index in [-0.39, 0.29) is 12.2 Å². The summed E-state index contributed by atoms with van der Waals surface area (Å²) in [4.78, 5) is 12.0. The number of carbonyl (C=O) groups is 1. The molecule has 0 unspecified atom stereocenters. The van der Waals surface area contributed by atoms with Crippen molar-refractivity contribution >= 4 is 40.6 Å². The van der Waals surface area contributed by atoms with Crippen LogP contribution in [0.15, 0.2) is 30.3 Å². The Morgan fingerprint density at radius 3 is 2.28 bits per heavy atom. The number of anilines is 1. The standard InChI is InChI=1S/C20H23ClN2O5S/c1-5-28-19(24)14-10-13(6-7-15(14)21)23-20(29)22-11-12-8-16(25-2)18(27-4)17(9-12)26-3/h6-10H,5,11H2,1-4H3,(H2,22,23,29). The molecule has 0 bridgehead atoms. The maximum absolute atomic E-state index is 12.0. The molecular weight excluding hydrogens is 416 g/mol. The third-order valence-electron chi connectivity index (χ3n) is 3.90. The topological polar surface area (TPSA) is 78.1 Å². The third kappa shape index (κ3) is 5.88. The summed E-state index contributed by atoms with van der Waals surface area (Å²) in [7, 11) is 4.67. The molecule has 0 saturated carbocycles. The van der Waals surface area contributed by atoms with Crippen LogP contribution in [0.3, 0.4) is 0 Å². The average molecular weight is 439 g/mol. The number of nitrogens with one attached hydrogen (secondary N) is 2. The summed E-state index contributed by atoms with van der Waals surface area (Å²) in [6.07, 6.45) is 0. The Labute approximate surface area is 180 Å². The minimum Gasteiger partial charge on any atom is -0.493 e. The smallest absolute Gasteiger partial charge is 0.339 e. The number of ether oxygens (including phenoxy) is 4. The lowest BCUT2D eigenvalue weighted by atomic mass is 10.2. The van der Waals surface area contributed by atoms with Crippen LogP contribution in [0.2, 0.25) is 5.02 Å². The van der Waals surface area contributed by atoms with Gasteiger partial charge in [-0.05, 0) is 55.0 Å². The number of benzene rings is 2. The summed E-state index contributed by atoms with van der Waals surface area (Å²) >= 11 is 11.4. The summed E-state index contributed by atoms with van der Waals surface area (Å²) in [5.74, 6) is 1.14. The number of methoxy groups -OCH3 is 3. The number of rotatable bonds is 8. The van der Waals surface area contributed by atoms with Crippen molar-refractivity contribution in [1.82, 2.24) is 5.32 Å². The van der Waals surface area contributed by atoms with Gasteiger partial charge in [-0.1, -0.05) is 11.6 Å². The van der Waals surface area contributed by atoms with Crippen molar-refractivity contribution in [2.45, 2.75) is 13.5 Å². The molecule has 0 aliphatic heterocycles. The molecule has 0 aliphatic rings. The van der Waals surface area contributed by atoms with Crippen molar-refractivity contribution in [3.63, 3.8) is 0 Å². The number of hydrogen-bond acceptors (Lipinski definition) is 6. The SMILES string of the molecule is CCOC(=O)c1cc(NC(=S)NCc2cc(OC)c(OC)c(OC)c2)ccc1Cl. The van der Waals surface area contributed by atoms with Gasteiger partial charge in [0.1, 0.15) is 0 Å². The van der Waals surface area contributed by atoms with Gasteiger partial charge in [-0.3, -0.25) is 0 Å². The molecule has 7 nitrogen and oxygen atoms in total. The van der Waals surface area contributed by atoms with E-state index in [1.807, 2.05) is 12.1 Å². The maximum atomic E-state index is 12.0. The highest BCUT2D eigenvalue weighted by Crippen LogP contribution is 2.38. The molecule has 0 radical (unpaired) electrons. The molecule has 2 aromatic rings. The number of carbonyl (C=O) groups excluding carboxylic acids is 1. The van der Waals surface area contributed by atoms with Gasteiger partial charge in [0, 0.05) is 12.2 Å². The second-order valence-electron chi connectivity index (χ2n) is 5.76. The van der Waals surface area contributed by atoms with E-state index in [9.17, 15) is 4.79 Å². The van der Waals surface area contributed by atoms with Crippen molar-refractivity contribution in [3.05, 3.63) is 46.5 Å². The fourth-order valence-electron chi connectivity index (χ4n) is 2.56. The van der Waals surface area contributed by atoms with Crippen molar-refractivity contribution in [2.75, 3.05) is 33.3 Å². The minimum absolute atomic E-state index is 0.265. The Hall–Kier alpha value is -2.71. The molecular formula is C20H23ClN2O5S. The normalized spacial score (nSPS) is 10.1. The second-order valence-corrected chi connectivity index (χ2v) is 6.57. The van der Waals surface area contributed by atoms with Gasteiger partial charge < -0.3 is 29.6 Å². The van der Waals surface area contributed by atoms with Gasteiger partial charge >= 0.3 is 5.97 Å². The molecule has 0 amide bonds. The molecule has 2 N–H and O–H groups in total. The molecule has 2 rings (SSSR count). The van der Waals surface area contributed by atoms with Gasteiger partial charge in [-0.15, -0.1) is 0 Å². The van der Waals surface area contributed by atoms with Crippen LogP contribution in [0.25, 0.3) is 0 Å². The average Bonchev–Trinajstić information content (AvgIpc) is 2.72. The summed E-state index contributed by atoms with van der Waals surface area (Å²) in [6.45, 7) is 2.42. The largest absolute Gasteiger partial charge is 0.493 e. The van der Waals surface area contributed by atoms with E-state index in [1.165, 1.54) is 0 Å². The monoisotopic (exact) mass is 438 g/mol. The van der Waals surface area contributed by atoms with Crippen LogP contribution in [0, 0.1) is 0 Å². The molecule has 29 heavy (non-hydrogen) atoms. The molecule has 0 fully saturated rings. The first kappa shape index (κ1) is 22.6. The van der Waals surface area contributed by atoms with Crippen LogP contribution in [-0.2, 0) is 11.3 Å². The predicted molar refractivity (Wildman–Crippen MR) is 117 cm³/mol. The molecule has 156 valence electrons. The Balaban J connectivity index is 2.07. The number of thiocarbonyl (C=S) groups is 1. The molecule has 9 heteroatoms. The van der Waals surface area contributed by atoms with Crippen LogP contribution in [0.4, 0.5) is 5.69 Å². The Morgan fingerprint density at radius 2 is 1.72 bits per heavy atom. The molecule has 0 aliphatic carbocycles. The highest BCUT2D eigenvalue weighted by atomic mass is 35.5. The minimum atomic E-state index is -0.488. The number of esters is 1. The van der Waals surface area contributed by atoms with Crippen LogP contribution in [0.1, 0.15) is 22.8 Å². The lowest BCUT2D eigenvalue weighted by Crippen LogP contribution is -2.28. The van der Waals surface area contributed by atoms with Crippen molar-refractivity contribution in [3.8, 4) is 17.2 Å². The first-order valence-corrected chi connectivity index (χ1v) is 9.52. The molecule has 0 aromatic heterocycles. The van der Waals surface area contributed by atoms with Gasteiger partial charge in [0.2, 0.25) is 5.75 Å². The van der Waals surface area contributed by atoms with E-state index in [0.717, 1.165) is 5.56 Å². The molecule has 0 heterocycles. The quantitative estimate of drug-likeness (QED) is 0.472. The lowest BCUT2D eigenvalue weighted by molar-refractivity contribution is 0.0526. The zero-order valence-corrected chi connectivity index (χ0v) is 18.2. The van der Waals surface area contributed by atoms with Gasteiger partial charge in [0.25, 0.3) is 0 Å². The van der Waals surface area contributed by atoms with Crippen LogP contribution in [0.5, 0.6) is 17.2 Å². The van der Waals surface area contributed by atoms with E-state index in [1.54, 1.807) is 46.5 Å². The van der Waals surface area contributed by atoms with E-state index in [0.29, 0.717) is 39.6 Å². The van der Waals surface area contributed by atoms with Crippen LogP contribution >= 0.6 is 23.8 Å². The highest BCUT2D eigenvalue weighted by Gasteiger charge is 2.14. The summed E-state index contributed by atoms with van der Waals surface area (Å²) in [6, 6.07) is 8.58. The van der Waals surface area contributed by atoms with E-state index in [4.69, 9.17) is 42.8 Å². The first-order chi connectivity index (χ1) is 13.9. The highest BCUT2D eigenvalue weighted by molar-refractivity contribution is 7.80. The third-order valence-corrected chi connectivity index (χ3v) is 4.47.